The van der Waals surface area contributed by atoms with Gasteiger partial charge < -0.3 is 5.32 Å². The second kappa shape index (κ2) is 5.43. The highest BCUT2D eigenvalue weighted by molar-refractivity contribution is 14.1. The van der Waals surface area contributed by atoms with E-state index in [0.29, 0.717) is 14.8 Å². The van der Waals surface area contributed by atoms with Crippen molar-refractivity contribution in [3.05, 3.63) is 63.2 Å². The predicted octanol–water partition coefficient (Wildman–Crippen LogP) is 3.82. The molecule has 2 rings (SSSR count). The maximum atomic E-state index is 12.9. The summed E-state index contributed by atoms with van der Waals surface area (Å²) in [6.07, 6.45) is 0. The molecular weight excluding hydrogens is 351 g/mol. The molecular formula is C13H8F2INO. The van der Waals surface area contributed by atoms with Crippen LogP contribution in [0.2, 0.25) is 0 Å². The van der Waals surface area contributed by atoms with Crippen molar-refractivity contribution in [2.45, 2.75) is 0 Å². The van der Waals surface area contributed by atoms with Crippen LogP contribution in [0, 0.1) is 15.2 Å². The van der Waals surface area contributed by atoms with Crippen molar-refractivity contribution in [2.24, 2.45) is 0 Å². The van der Waals surface area contributed by atoms with Crippen molar-refractivity contribution in [3.63, 3.8) is 0 Å². The number of rotatable bonds is 2. The first-order chi connectivity index (χ1) is 8.56. The largest absolute Gasteiger partial charge is 0.322 e. The van der Waals surface area contributed by atoms with Gasteiger partial charge in [-0.3, -0.25) is 4.79 Å². The minimum absolute atomic E-state index is 0.348. The fourth-order valence-electron chi connectivity index (χ4n) is 1.44. The molecule has 0 aromatic heterocycles. The molecule has 92 valence electrons. The van der Waals surface area contributed by atoms with E-state index in [0.717, 1.165) is 0 Å². The normalized spacial score (nSPS) is 10.2. The van der Waals surface area contributed by atoms with E-state index >= 15 is 0 Å². The Balaban J connectivity index is 2.22. The van der Waals surface area contributed by atoms with Crippen molar-refractivity contribution >= 4 is 34.2 Å². The molecule has 0 radical (unpaired) electrons. The Morgan fingerprint density at radius 3 is 2.44 bits per heavy atom. The first-order valence-electron chi connectivity index (χ1n) is 5.08. The minimum atomic E-state index is -0.429. The molecule has 0 atom stereocenters. The first-order valence-corrected chi connectivity index (χ1v) is 6.16. The third-order valence-corrected chi connectivity index (χ3v) is 3.15. The van der Waals surface area contributed by atoms with Crippen molar-refractivity contribution in [2.75, 3.05) is 5.32 Å². The van der Waals surface area contributed by atoms with Gasteiger partial charge in [-0.05, 0) is 59.0 Å². The van der Waals surface area contributed by atoms with E-state index in [1.54, 1.807) is 6.07 Å². The van der Waals surface area contributed by atoms with Crippen LogP contribution in [0.3, 0.4) is 0 Å². The maximum absolute atomic E-state index is 12.9. The van der Waals surface area contributed by atoms with Gasteiger partial charge >= 0.3 is 0 Å². The number of anilines is 1. The van der Waals surface area contributed by atoms with Crippen molar-refractivity contribution in [1.82, 2.24) is 0 Å². The number of hydrogen-bond donors (Lipinski definition) is 1. The van der Waals surface area contributed by atoms with Crippen LogP contribution in [-0.2, 0) is 0 Å². The Labute approximate surface area is 116 Å². The molecule has 2 nitrogen and oxygen atoms in total. The Morgan fingerprint density at radius 2 is 1.78 bits per heavy atom. The van der Waals surface area contributed by atoms with E-state index in [1.165, 1.54) is 36.4 Å². The Bertz CT molecular complexity index is 601. The first kappa shape index (κ1) is 12.9. The van der Waals surface area contributed by atoms with Gasteiger partial charge in [0.1, 0.15) is 11.6 Å². The van der Waals surface area contributed by atoms with Crippen LogP contribution in [0.1, 0.15) is 10.4 Å². The monoisotopic (exact) mass is 359 g/mol. The Morgan fingerprint density at radius 1 is 1.06 bits per heavy atom. The number of benzene rings is 2. The second-order valence-corrected chi connectivity index (χ2v) is 4.75. The number of carbonyl (C=O) groups excluding carboxylic acids is 1. The van der Waals surface area contributed by atoms with Gasteiger partial charge in [-0.2, -0.15) is 0 Å². The molecule has 1 amide bonds. The van der Waals surface area contributed by atoms with E-state index < -0.39 is 17.5 Å². The molecule has 0 heterocycles. The number of nitrogens with one attached hydrogen (secondary N) is 1. The number of carbonyl (C=O) groups is 1. The standard InChI is InChI=1S/C13H8F2INO/c14-8-2-1-3-10(6-8)17-13(18)11-5-4-9(15)7-12(11)16/h1-7H,(H,17,18). The lowest BCUT2D eigenvalue weighted by Gasteiger charge is -2.07. The minimum Gasteiger partial charge on any atom is -0.322 e. The molecule has 2 aromatic carbocycles. The average Bonchev–Trinajstić information content (AvgIpc) is 2.28. The maximum Gasteiger partial charge on any atom is 0.256 e. The molecule has 0 aliphatic rings. The van der Waals surface area contributed by atoms with Crippen LogP contribution in [-0.4, -0.2) is 5.91 Å². The van der Waals surface area contributed by atoms with Crippen LogP contribution < -0.4 is 5.32 Å². The smallest absolute Gasteiger partial charge is 0.256 e. The van der Waals surface area contributed by atoms with E-state index in [-0.39, 0.29) is 0 Å². The lowest BCUT2D eigenvalue weighted by atomic mass is 10.2. The quantitative estimate of drug-likeness (QED) is 0.812. The molecule has 18 heavy (non-hydrogen) atoms. The molecule has 1 N–H and O–H groups in total. The van der Waals surface area contributed by atoms with Gasteiger partial charge in [-0.25, -0.2) is 8.78 Å². The van der Waals surface area contributed by atoms with Crippen molar-refractivity contribution in [1.29, 1.82) is 0 Å². The van der Waals surface area contributed by atoms with Gasteiger partial charge in [0.05, 0.1) is 5.56 Å². The summed E-state index contributed by atoms with van der Waals surface area (Å²) in [7, 11) is 0. The summed E-state index contributed by atoms with van der Waals surface area (Å²) in [6.45, 7) is 0. The van der Waals surface area contributed by atoms with E-state index in [1.807, 2.05) is 22.6 Å². The van der Waals surface area contributed by atoms with Crippen LogP contribution in [0.4, 0.5) is 14.5 Å². The molecule has 0 unspecified atom stereocenters. The zero-order valence-corrected chi connectivity index (χ0v) is 11.2. The predicted molar refractivity (Wildman–Crippen MR) is 73.5 cm³/mol. The summed E-state index contributed by atoms with van der Waals surface area (Å²) in [5, 5.41) is 2.55. The fraction of sp³-hybridized carbons (Fsp3) is 0. The van der Waals surface area contributed by atoms with Gasteiger partial charge in [0.25, 0.3) is 5.91 Å². The van der Waals surface area contributed by atoms with Crippen LogP contribution in [0.25, 0.3) is 0 Å². The van der Waals surface area contributed by atoms with Gasteiger partial charge in [-0.15, -0.1) is 0 Å². The highest BCUT2D eigenvalue weighted by Gasteiger charge is 2.11. The Kier molecular flexibility index (Phi) is 3.90. The molecule has 0 saturated carbocycles. The van der Waals surface area contributed by atoms with Crippen molar-refractivity contribution in [3.8, 4) is 0 Å². The third kappa shape index (κ3) is 3.04. The number of amides is 1. The zero-order chi connectivity index (χ0) is 13.1. The molecule has 0 bridgehead atoms. The molecule has 0 saturated heterocycles. The number of hydrogen-bond acceptors (Lipinski definition) is 1. The second-order valence-electron chi connectivity index (χ2n) is 3.59. The van der Waals surface area contributed by atoms with Crippen LogP contribution in [0.5, 0.6) is 0 Å². The van der Waals surface area contributed by atoms with E-state index in [2.05, 4.69) is 5.32 Å². The van der Waals surface area contributed by atoms with Gasteiger partial charge in [0.2, 0.25) is 0 Å². The highest BCUT2D eigenvalue weighted by Crippen LogP contribution is 2.16. The summed E-state index contributed by atoms with van der Waals surface area (Å²) >= 11 is 1.88. The summed E-state index contributed by atoms with van der Waals surface area (Å²) in [5.41, 5.74) is 0.710. The molecule has 0 aliphatic carbocycles. The van der Waals surface area contributed by atoms with Crippen molar-refractivity contribution < 1.29 is 13.6 Å². The van der Waals surface area contributed by atoms with Gasteiger partial charge in [-0.1, -0.05) is 6.07 Å². The summed E-state index contributed by atoms with van der Waals surface area (Å²) in [4.78, 5) is 11.9. The Hall–Kier alpha value is -1.50. The molecule has 0 aliphatic heterocycles. The topological polar surface area (TPSA) is 29.1 Å². The SMILES string of the molecule is O=C(Nc1cccc(F)c1)c1ccc(F)cc1I. The lowest BCUT2D eigenvalue weighted by molar-refractivity contribution is 0.102. The lowest BCUT2D eigenvalue weighted by Crippen LogP contribution is -2.13. The fourth-order valence-corrected chi connectivity index (χ4v) is 2.16. The molecule has 5 heteroatoms. The van der Waals surface area contributed by atoms with Gasteiger partial charge in [0, 0.05) is 9.26 Å². The third-order valence-electron chi connectivity index (χ3n) is 2.26. The van der Waals surface area contributed by atoms with E-state index in [4.69, 9.17) is 0 Å². The van der Waals surface area contributed by atoms with Crippen LogP contribution in [0.15, 0.2) is 42.5 Å². The summed E-state index contributed by atoms with van der Waals surface area (Å²) in [5.74, 6) is -1.23. The molecule has 0 spiro atoms. The zero-order valence-electron chi connectivity index (χ0n) is 9.08. The molecule has 0 fully saturated rings. The highest BCUT2D eigenvalue weighted by atomic mass is 127. The average molecular weight is 359 g/mol. The van der Waals surface area contributed by atoms with Crippen LogP contribution >= 0.6 is 22.6 Å². The molecule has 2 aromatic rings. The number of halogens is 3. The van der Waals surface area contributed by atoms with Gasteiger partial charge in [0.15, 0.2) is 0 Å². The summed E-state index contributed by atoms with van der Waals surface area (Å²) in [6, 6.07) is 9.46. The van der Waals surface area contributed by atoms with E-state index in [9.17, 15) is 13.6 Å². The summed E-state index contributed by atoms with van der Waals surface area (Å²) < 4.78 is 26.4.